The lowest BCUT2D eigenvalue weighted by Gasteiger charge is -2.10. The highest BCUT2D eigenvalue weighted by atomic mass is 14.9. The third kappa shape index (κ3) is 2.62. The number of hydrogen-bond acceptors (Lipinski definition) is 1. The topological polar surface area (TPSA) is 12.0 Å². The van der Waals surface area contributed by atoms with Crippen molar-refractivity contribution >= 4 is 0 Å². The first-order chi connectivity index (χ1) is 6.27. The van der Waals surface area contributed by atoms with Crippen LogP contribution in [0.15, 0.2) is 47.9 Å². The van der Waals surface area contributed by atoms with Gasteiger partial charge in [0.15, 0.2) is 0 Å². The average Bonchev–Trinajstić information content (AvgIpc) is 2.59. The van der Waals surface area contributed by atoms with Crippen molar-refractivity contribution in [2.45, 2.75) is 26.7 Å². The summed E-state index contributed by atoms with van der Waals surface area (Å²) in [6.07, 6.45) is 10.3. The molecule has 0 spiro atoms. The van der Waals surface area contributed by atoms with Crippen LogP contribution in [0.1, 0.15) is 26.7 Å². The fourth-order valence-corrected chi connectivity index (χ4v) is 1.42. The highest BCUT2D eigenvalue weighted by molar-refractivity contribution is 5.29. The number of hydrogen-bond donors (Lipinski definition) is 1. The Morgan fingerprint density at radius 2 is 2.46 bits per heavy atom. The zero-order valence-electron chi connectivity index (χ0n) is 8.43. The van der Waals surface area contributed by atoms with Crippen LogP contribution in [0.25, 0.3) is 0 Å². The van der Waals surface area contributed by atoms with Gasteiger partial charge in [-0.2, -0.15) is 0 Å². The van der Waals surface area contributed by atoms with Crippen molar-refractivity contribution < 1.29 is 0 Å². The van der Waals surface area contributed by atoms with Crippen LogP contribution in [-0.2, 0) is 0 Å². The van der Waals surface area contributed by atoms with E-state index in [-0.39, 0.29) is 0 Å². The van der Waals surface area contributed by atoms with Gasteiger partial charge in [0.2, 0.25) is 0 Å². The molecular weight excluding hydrogens is 158 g/mol. The summed E-state index contributed by atoms with van der Waals surface area (Å²) in [5.41, 5.74) is 3.77. The van der Waals surface area contributed by atoms with Gasteiger partial charge in [-0.3, -0.25) is 0 Å². The molecule has 13 heavy (non-hydrogen) atoms. The first-order valence-electron chi connectivity index (χ1n) is 4.72. The Bertz CT molecular complexity index is 279. The fraction of sp³-hybridized carbons (Fsp3) is 0.333. The molecule has 0 heterocycles. The molecule has 0 atom stereocenters. The van der Waals surface area contributed by atoms with E-state index in [1.165, 1.54) is 17.0 Å². The molecule has 0 bridgehead atoms. The smallest absolute Gasteiger partial charge is 0.0186 e. The van der Waals surface area contributed by atoms with Crippen LogP contribution < -0.4 is 5.32 Å². The first kappa shape index (κ1) is 9.85. The molecule has 0 aromatic heterocycles. The minimum absolute atomic E-state index is 1.02. The van der Waals surface area contributed by atoms with Gasteiger partial charge in [-0.25, -0.2) is 0 Å². The minimum atomic E-state index is 1.02. The summed E-state index contributed by atoms with van der Waals surface area (Å²) in [5, 5.41) is 3.39. The summed E-state index contributed by atoms with van der Waals surface area (Å²) >= 11 is 0. The van der Waals surface area contributed by atoms with Crippen molar-refractivity contribution in [2.75, 3.05) is 0 Å². The molecule has 0 aromatic rings. The Labute approximate surface area is 80.5 Å². The molecule has 0 saturated heterocycles. The van der Waals surface area contributed by atoms with E-state index in [9.17, 15) is 0 Å². The van der Waals surface area contributed by atoms with Crippen molar-refractivity contribution in [2.24, 2.45) is 0 Å². The molecule has 0 radical (unpaired) electrons. The van der Waals surface area contributed by atoms with Gasteiger partial charge in [0.05, 0.1) is 0 Å². The Hall–Kier alpha value is -1.24. The van der Waals surface area contributed by atoms with Gasteiger partial charge in [-0.05, 0) is 25.0 Å². The molecule has 1 aliphatic carbocycles. The number of rotatable bonds is 4. The monoisotopic (exact) mass is 175 g/mol. The second kappa shape index (κ2) is 4.70. The highest BCUT2D eigenvalue weighted by Crippen LogP contribution is 2.12. The summed E-state index contributed by atoms with van der Waals surface area (Å²) in [4.78, 5) is 0. The number of allylic oxidation sites excluding steroid dienone is 6. The quantitative estimate of drug-likeness (QED) is 0.646. The Morgan fingerprint density at radius 1 is 1.69 bits per heavy atom. The van der Waals surface area contributed by atoms with Crippen molar-refractivity contribution in [3.63, 3.8) is 0 Å². The Balaban J connectivity index is 2.62. The van der Waals surface area contributed by atoms with E-state index in [1.807, 2.05) is 6.08 Å². The van der Waals surface area contributed by atoms with E-state index >= 15 is 0 Å². The van der Waals surface area contributed by atoms with Crippen LogP contribution in [-0.4, -0.2) is 0 Å². The highest BCUT2D eigenvalue weighted by Gasteiger charge is 2.01. The molecule has 0 unspecified atom stereocenters. The van der Waals surface area contributed by atoms with Gasteiger partial charge >= 0.3 is 0 Å². The normalized spacial score (nSPS) is 16.6. The lowest BCUT2D eigenvalue weighted by atomic mass is 10.1. The molecule has 1 aliphatic rings. The van der Waals surface area contributed by atoms with E-state index in [1.54, 1.807) is 0 Å². The molecular formula is C12H17N. The maximum atomic E-state index is 3.79. The largest absolute Gasteiger partial charge is 0.362 e. The second-order valence-corrected chi connectivity index (χ2v) is 3.16. The van der Waals surface area contributed by atoms with Gasteiger partial charge in [-0.1, -0.05) is 31.7 Å². The third-order valence-corrected chi connectivity index (χ3v) is 2.23. The maximum absolute atomic E-state index is 3.79. The molecule has 1 rings (SSSR count). The standard InChI is InChI=1S/C12H17N/c1-4-11(5-2)10(3)13-12-8-6-7-9-12/h4,6-8,13H,1,5,9H2,2-3H3/b11-10+. The van der Waals surface area contributed by atoms with E-state index in [4.69, 9.17) is 0 Å². The molecule has 0 fully saturated rings. The summed E-state index contributed by atoms with van der Waals surface area (Å²) in [7, 11) is 0. The maximum Gasteiger partial charge on any atom is 0.0186 e. The average molecular weight is 175 g/mol. The van der Waals surface area contributed by atoms with Gasteiger partial charge in [-0.15, -0.1) is 0 Å². The van der Waals surface area contributed by atoms with Crippen LogP contribution in [0.2, 0.25) is 0 Å². The summed E-state index contributed by atoms with van der Waals surface area (Å²) < 4.78 is 0. The third-order valence-electron chi connectivity index (χ3n) is 2.23. The molecule has 0 saturated carbocycles. The van der Waals surface area contributed by atoms with Gasteiger partial charge in [0, 0.05) is 17.8 Å². The fourth-order valence-electron chi connectivity index (χ4n) is 1.42. The summed E-state index contributed by atoms with van der Waals surface area (Å²) in [5.74, 6) is 0. The van der Waals surface area contributed by atoms with Crippen molar-refractivity contribution in [3.8, 4) is 0 Å². The van der Waals surface area contributed by atoms with Crippen LogP contribution in [0.3, 0.4) is 0 Å². The predicted molar refractivity (Wildman–Crippen MR) is 58.2 cm³/mol. The van der Waals surface area contributed by atoms with Crippen molar-refractivity contribution in [1.82, 2.24) is 5.32 Å². The van der Waals surface area contributed by atoms with Gasteiger partial charge in [0.1, 0.15) is 0 Å². The van der Waals surface area contributed by atoms with Crippen LogP contribution >= 0.6 is 0 Å². The SMILES string of the molecule is C=C/C(CC)=C(/C)NC1=CC=CC1. The molecule has 0 aromatic carbocycles. The van der Waals surface area contributed by atoms with Gasteiger partial charge < -0.3 is 5.32 Å². The minimum Gasteiger partial charge on any atom is -0.362 e. The summed E-state index contributed by atoms with van der Waals surface area (Å²) in [6, 6.07) is 0. The van der Waals surface area contributed by atoms with Crippen LogP contribution in [0.5, 0.6) is 0 Å². The predicted octanol–water partition coefficient (Wildman–Crippen LogP) is 3.29. The zero-order chi connectivity index (χ0) is 9.68. The lowest BCUT2D eigenvalue weighted by Crippen LogP contribution is -2.10. The Kier molecular flexibility index (Phi) is 3.56. The Morgan fingerprint density at radius 3 is 2.92 bits per heavy atom. The van der Waals surface area contributed by atoms with E-state index < -0.39 is 0 Å². The lowest BCUT2D eigenvalue weighted by molar-refractivity contribution is 0.905. The molecule has 0 amide bonds. The first-order valence-corrected chi connectivity index (χ1v) is 4.72. The molecule has 1 heteroatoms. The molecule has 70 valence electrons. The molecule has 0 aliphatic heterocycles. The van der Waals surface area contributed by atoms with E-state index in [0.29, 0.717) is 0 Å². The molecule has 1 N–H and O–H groups in total. The van der Waals surface area contributed by atoms with Crippen LogP contribution in [0, 0.1) is 0 Å². The summed E-state index contributed by atoms with van der Waals surface area (Å²) in [6.45, 7) is 8.03. The van der Waals surface area contributed by atoms with Crippen LogP contribution in [0.4, 0.5) is 0 Å². The molecule has 1 nitrogen and oxygen atoms in total. The van der Waals surface area contributed by atoms with Gasteiger partial charge in [0.25, 0.3) is 0 Å². The second-order valence-electron chi connectivity index (χ2n) is 3.16. The van der Waals surface area contributed by atoms with E-state index in [0.717, 1.165) is 12.8 Å². The zero-order valence-corrected chi connectivity index (χ0v) is 8.43. The van der Waals surface area contributed by atoms with Crippen molar-refractivity contribution in [1.29, 1.82) is 0 Å². The number of nitrogens with one attached hydrogen (secondary N) is 1. The van der Waals surface area contributed by atoms with E-state index in [2.05, 4.69) is 44.0 Å². The van der Waals surface area contributed by atoms with Crippen molar-refractivity contribution in [3.05, 3.63) is 47.9 Å².